The van der Waals surface area contributed by atoms with Gasteiger partial charge >= 0.3 is 0 Å². The summed E-state index contributed by atoms with van der Waals surface area (Å²) in [5.41, 5.74) is 4.07. The predicted molar refractivity (Wildman–Crippen MR) is 116 cm³/mol. The van der Waals surface area contributed by atoms with Crippen molar-refractivity contribution in [2.45, 2.75) is 0 Å². The molecule has 1 aliphatic rings. The van der Waals surface area contributed by atoms with Gasteiger partial charge in [-0.1, -0.05) is 59.8 Å². The Labute approximate surface area is 187 Å². The predicted octanol–water partition coefficient (Wildman–Crippen LogP) is 3.11. The lowest BCUT2D eigenvalue weighted by Crippen LogP contribution is -2.47. The molecular formula is C24H16N4O5. The molecule has 1 aromatic heterocycles. The Kier molecular flexibility index (Phi) is 5.12. The first kappa shape index (κ1) is 20.1. The van der Waals surface area contributed by atoms with E-state index in [1.54, 1.807) is 36.4 Å². The van der Waals surface area contributed by atoms with Crippen molar-refractivity contribution in [1.29, 1.82) is 0 Å². The molecule has 0 saturated carbocycles. The van der Waals surface area contributed by atoms with Crippen molar-refractivity contribution in [3.05, 3.63) is 90.0 Å². The van der Waals surface area contributed by atoms with Crippen molar-refractivity contribution in [1.82, 2.24) is 20.6 Å². The van der Waals surface area contributed by atoms with E-state index in [0.717, 1.165) is 5.56 Å². The number of carbonyl (C=O) groups is 3. The quantitative estimate of drug-likeness (QED) is 0.458. The molecule has 9 heteroatoms. The standard InChI is InChI=1S/C24H16N4O5/c29-20(26-28-23(30)16-10-4-5-11-17(16)24(28)31)14-32-19-13-7-6-12-18(19)22-25-21(27-33-22)15-8-2-1-3-9-15/h1-13H,14H2,(H,26,29). The van der Waals surface area contributed by atoms with Gasteiger partial charge in [0.2, 0.25) is 5.82 Å². The number of fused-ring (bicyclic) bond motifs is 1. The van der Waals surface area contributed by atoms with E-state index < -0.39 is 24.3 Å². The van der Waals surface area contributed by atoms with Crippen LogP contribution in [0, 0.1) is 0 Å². The van der Waals surface area contributed by atoms with Crippen LogP contribution in [-0.4, -0.2) is 39.5 Å². The molecule has 0 saturated heterocycles. The SMILES string of the molecule is O=C(COc1ccccc1-c1nc(-c2ccccc2)no1)NN1C(=O)c2ccccc2C1=O. The number of rotatable bonds is 6. The lowest BCUT2D eigenvalue weighted by atomic mass is 10.1. The molecule has 0 atom stereocenters. The van der Waals surface area contributed by atoms with Crippen molar-refractivity contribution < 1.29 is 23.6 Å². The summed E-state index contributed by atoms with van der Waals surface area (Å²) in [7, 11) is 0. The molecule has 1 N–H and O–H groups in total. The summed E-state index contributed by atoms with van der Waals surface area (Å²) in [6.07, 6.45) is 0. The van der Waals surface area contributed by atoms with Crippen LogP contribution < -0.4 is 10.2 Å². The highest BCUT2D eigenvalue weighted by Crippen LogP contribution is 2.30. The summed E-state index contributed by atoms with van der Waals surface area (Å²) in [5, 5.41) is 4.69. The first-order valence-corrected chi connectivity index (χ1v) is 10.0. The molecule has 9 nitrogen and oxygen atoms in total. The Morgan fingerprint density at radius 3 is 2.15 bits per heavy atom. The molecule has 0 fully saturated rings. The number of nitrogens with one attached hydrogen (secondary N) is 1. The molecule has 5 rings (SSSR count). The third-order valence-corrected chi connectivity index (χ3v) is 4.96. The van der Waals surface area contributed by atoms with E-state index in [4.69, 9.17) is 9.26 Å². The number of aromatic nitrogens is 2. The van der Waals surface area contributed by atoms with Crippen molar-refractivity contribution in [2.24, 2.45) is 0 Å². The molecule has 162 valence electrons. The van der Waals surface area contributed by atoms with E-state index >= 15 is 0 Å². The van der Waals surface area contributed by atoms with Gasteiger partial charge in [-0.15, -0.1) is 0 Å². The zero-order valence-corrected chi connectivity index (χ0v) is 17.1. The van der Waals surface area contributed by atoms with Gasteiger partial charge in [-0.25, -0.2) is 0 Å². The molecule has 2 heterocycles. The van der Waals surface area contributed by atoms with Gasteiger partial charge < -0.3 is 9.26 Å². The van der Waals surface area contributed by atoms with Crippen LogP contribution in [0.1, 0.15) is 20.7 Å². The molecular weight excluding hydrogens is 424 g/mol. The molecule has 3 aromatic carbocycles. The topological polar surface area (TPSA) is 115 Å². The maximum atomic E-state index is 12.4. The second kappa shape index (κ2) is 8.39. The molecule has 3 amide bonds. The van der Waals surface area contributed by atoms with E-state index in [-0.39, 0.29) is 17.0 Å². The third kappa shape index (κ3) is 3.83. The Balaban J connectivity index is 1.28. The average molecular weight is 440 g/mol. The third-order valence-electron chi connectivity index (χ3n) is 4.96. The first-order chi connectivity index (χ1) is 16.1. The summed E-state index contributed by atoms with van der Waals surface area (Å²) in [6.45, 7) is -0.440. The Morgan fingerprint density at radius 1 is 0.848 bits per heavy atom. The van der Waals surface area contributed by atoms with Crippen LogP contribution in [0.3, 0.4) is 0 Å². The van der Waals surface area contributed by atoms with Crippen molar-refractivity contribution >= 4 is 17.7 Å². The van der Waals surface area contributed by atoms with Gasteiger partial charge in [-0.3, -0.25) is 19.8 Å². The van der Waals surface area contributed by atoms with Crippen LogP contribution in [0.25, 0.3) is 22.8 Å². The van der Waals surface area contributed by atoms with Crippen molar-refractivity contribution in [3.63, 3.8) is 0 Å². The van der Waals surface area contributed by atoms with Crippen LogP contribution in [0.5, 0.6) is 5.75 Å². The van der Waals surface area contributed by atoms with Gasteiger partial charge in [0.1, 0.15) is 5.75 Å². The van der Waals surface area contributed by atoms with E-state index in [9.17, 15) is 14.4 Å². The fourth-order valence-corrected chi connectivity index (χ4v) is 3.40. The van der Waals surface area contributed by atoms with Crippen molar-refractivity contribution in [2.75, 3.05) is 6.61 Å². The summed E-state index contributed by atoms with van der Waals surface area (Å²) < 4.78 is 11.0. The molecule has 0 spiro atoms. The fourth-order valence-electron chi connectivity index (χ4n) is 3.40. The summed E-state index contributed by atoms with van der Waals surface area (Å²) in [6, 6.07) is 22.6. The molecule has 0 radical (unpaired) electrons. The maximum absolute atomic E-state index is 12.4. The van der Waals surface area contributed by atoms with Gasteiger partial charge in [0, 0.05) is 5.56 Å². The summed E-state index contributed by atoms with van der Waals surface area (Å²) in [5.74, 6) is -0.880. The van der Waals surface area contributed by atoms with Crippen LogP contribution in [0.4, 0.5) is 0 Å². The minimum absolute atomic E-state index is 0.227. The second-order valence-electron chi connectivity index (χ2n) is 7.10. The first-order valence-electron chi connectivity index (χ1n) is 10.0. The van der Waals surface area contributed by atoms with Gasteiger partial charge in [-0.2, -0.15) is 9.99 Å². The van der Waals surface area contributed by atoms with Gasteiger partial charge in [0.15, 0.2) is 6.61 Å². The summed E-state index contributed by atoms with van der Waals surface area (Å²) in [4.78, 5) is 41.6. The number of carbonyl (C=O) groups excluding carboxylic acids is 3. The Bertz CT molecular complexity index is 1330. The van der Waals surface area contributed by atoms with E-state index in [2.05, 4.69) is 15.6 Å². The zero-order chi connectivity index (χ0) is 22.8. The van der Waals surface area contributed by atoms with Gasteiger partial charge in [-0.05, 0) is 24.3 Å². The molecule has 1 aliphatic heterocycles. The maximum Gasteiger partial charge on any atom is 0.280 e. The van der Waals surface area contributed by atoms with E-state index in [0.29, 0.717) is 22.1 Å². The highest BCUT2D eigenvalue weighted by Gasteiger charge is 2.36. The lowest BCUT2D eigenvalue weighted by molar-refractivity contribution is -0.126. The number of para-hydroxylation sites is 1. The highest BCUT2D eigenvalue weighted by molar-refractivity contribution is 6.21. The molecule has 0 bridgehead atoms. The lowest BCUT2D eigenvalue weighted by Gasteiger charge is -2.15. The van der Waals surface area contributed by atoms with Crippen LogP contribution in [0.15, 0.2) is 83.4 Å². The number of hydrazine groups is 1. The minimum atomic E-state index is -0.671. The Hall–Kier alpha value is -4.79. The average Bonchev–Trinajstić information content (AvgIpc) is 3.44. The summed E-state index contributed by atoms with van der Waals surface area (Å²) >= 11 is 0. The second-order valence-corrected chi connectivity index (χ2v) is 7.10. The number of amides is 3. The molecule has 0 unspecified atom stereocenters. The number of nitrogens with zero attached hydrogens (tertiary/aromatic N) is 3. The smallest absolute Gasteiger partial charge is 0.280 e. The van der Waals surface area contributed by atoms with Gasteiger partial charge in [0.25, 0.3) is 23.6 Å². The molecule has 0 aliphatic carbocycles. The van der Waals surface area contributed by atoms with Crippen LogP contribution >= 0.6 is 0 Å². The van der Waals surface area contributed by atoms with Crippen LogP contribution in [-0.2, 0) is 4.79 Å². The van der Waals surface area contributed by atoms with Gasteiger partial charge in [0.05, 0.1) is 16.7 Å². The number of hydrogen-bond donors (Lipinski definition) is 1. The van der Waals surface area contributed by atoms with Crippen LogP contribution in [0.2, 0.25) is 0 Å². The molecule has 4 aromatic rings. The molecule has 33 heavy (non-hydrogen) atoms. The van der Waals surface area contributed by atoms with E-state index in [1.165, 1.54) is 12.1 Å². The Morgan fingerprint density at radius 2 is 1.45 bits per heavy atom. The van der Waals surface area contributed by atoms with E-state index in [1.807, 2.05) is 30.3 Å². The number of hydrogen-bond acceptors (Lipinski definition) is 7. The minimum Gasteiger partial charge on any atom is -0.483 e. The monoisotopic (exact) mass is 440 g/mol. The number of ether oxygens (including phenoxy) is 1. The zero-order valence-electron chi connectivity index (χ0n) is 17.1. The largest absolute Gasteiger partial charge is 0.483 e. The number of benzene rings is 3. The highest BCUT2D eigenvalue weighted by atomic mass is 16.5. The fraction of sp³-hybridized carbons (Fsp3) is 0.0417. The normalized spacial score (nSPS) is 12.5. The van der Waals surface area contributed by atoms with Crippen molar-refractivity contribution in [3.8, 4) is 28.6 Å². The number of imide groups is 1.